The first-order valence-electron chi connectivity index (χ1n) is 11.8. The largest absolute Gasteiger partial charge is 0.303 e. The van der Waals surface area contributed by atoms with Crippen LogP contribution in [-0.2, 0) is 0 Å². The van der Waals surface area contributed by atoms with Gasteiger partial charge in [0.2, 0.25) is 0 Å². The third-order valence-electron chi connectivity index (χ3n) is 9.76. The average molecular weight is 417 g/mol. The molecule has 1 aliphatic heterocycles. The molecule has 3 heteroatoms. The van der Waals surface area contributed by atoms with Crippen molar-refractivity contribution in [3.63, 3.8) is 0 Å². The van der Waals surface area contributed by atoms with Crippen LogP contribution < -0.4 is 0 Å². The van der Waals surface area contributed by atoms with Crippen LogP contribution in [-0.4, -0.2) is 6.69 Å². The molecule has 9 aliphatic carbocycles. The van der Waals surface area contributed by atoms with Crippen LogP contribution in [0.25, 0.3) is 0 Å². The minimum absolute atomic E-state index is 0.716. The molecule has 0 N–H and O–H groups in total. The summed E-state index contributed by atoms with van der Waals surface area (Å²) in [5, 5.41) is 3.32. The molecular formula is C24H30Cl2Si. The maximum atomic E-state index is 7.65. The topological polar surface area (TPSA) is 0 Å². The van der Waals surface area contributed by atoms with Crippen LogP contribution in [0.1, 0.15) is 77.0 Å². The lowest BCUT2D eigenvalue weighted by Crippen LogP contribution is -2.44. The molecule has 10 aliphatic rings. The predicted molar refractivity (Wildman–Crippen MR) is 115 cm³/mol. The molecule has 0 unspecified atom stereocenters. The lowest BCUT2D eigenvalue weighted by atomic mass is 9.56. The number of allylic oxidation sites excluding steroid dienone is 6. The van der Waals surface area contributed by atoms with Gasteiger partial charge in [-0.1, -0.05) is 0 Å². The van der Waals surface area contributed by atoms with Gasteiger partial charge in [0.15, 0.2) is 0 Å². The Labute approximate surface area is 173 Å². The summed E-state index contributed by atoms with van der Waals surface area (Å²) in [4.78, 5) is 0. The zero-order chi connectivity index (χ0) is 17.9. The second kappa shape index (κ2) is 5.58. The Morgan fingerprint density at radius 3 is 1.00 bits per heavy atom. The molecule has 0 aromatic heterocycles. The zero-order valence-electron chi connectivity index (χ0n) is 16.2. The zero-order valence-corrected chi connectivity index (χ0v) is 18.7. The quantitative estimate of drug-likeness (QED) is 0.286. The van der Waals surface area contributed by atoms with Gasteiger partial charge >= 0.3 is 6.69 Å². The molecule has 0 amide bonds. The average Bonchev–Trinajstić information content (AvgIpc) is 2.85. The van der Waals surface area contributed by atoms with Gasteiger partial charge in [0.05, 0.1) is 0 Å². The first-order valence-corrected chi connectivity index (χ1v) is 15.8. The Bertz CT molecular complexity index is 741. The van der Waals surface area contributed by atoms with Gasteiger partial charge in [0, 0.05) is 0 Å². The third kappa shape index (κ3) is 2.03. The molecule has 144 valence electrons. The maximum Gasteiger partial charge on any atom is 0.303 e. The first kappa shape index (κ1) is 16.8. The van der Waals surface area contributed by atoms with Crippen molar-refractivity contribution in [1.29, 1.82) is 0 Å². The minimum Gasteiger partial charge on any atom is -0.134 e. The van der Waals surface area contributed by atoms with Gasteiger partial charge in [-0.15, -0.1) is 22.2 Å². The van der Waals surface area contributed by atoms with Crippen molar-refractivity contribution in [3.8, 4) is 0 Å². The van der Waals surface area contributed by atoms with Crippen LogP contribution in [0.5, 0.6) is 0 Å². The number of hydrogen-bond acceptors (Lipinski definition) is 0. The highest BCUT2D eigenvalue weighted by Crippen LogP contribution is 2.66. The summed E-state index contributed by atoms with van der Waals surface area (Å²) in [7, 11) is 0. The van der Waals surface area contributed by atoms with Gasteiger partial charge in [-0.25, -0.2) is 0 Å². The van der Waals surface area contributed by atoms with E-state index in [1.807, 2.05) is 11.1 Å². The second-order valence-corrected chi connectivity index (χ2v) is 16.9. The van der Waals surface area contributed by atoms with E-state index in [9.17, 15) is 0 Å². The van der Waals surface area contributed by atoms with Crippen molar-refractivity contribution in [2.24, 2.45) is 35.5 Å². The van der Waals surface area contributed by atoms with Gasteiger partial charge in [0.25, 0.3) is 0 Å². The van der Waals surface area contributed by atoms with E-state index in [0.29, 0.717) is 11.8 Å². The summed E-state index contributed by atoms with van der Waals surface area (Å²) in [5.74, 6) is 4.68. The SMILES string of the molecule is Cl[Si]1(Cl)C2=C(C3=C(C4=C1C1CCC4CC1)C1CCC3CC1)C1CCC2CC1. The number of halogens is 2. The molecule has 3 saturated carbocycles. The lowest BCUT2D eigenvalue weighted by Gasteiger charge is -2.48. The Hall–Kier alpha value is 0.0169. The van der Waals surface area contributed by atoms with Crippen molar-refractivity contribution in [2.45, 2.75) is 77.0 Å². The Balaban J connectivity index is 1.59. The molecule has 0 radical (unpaired) electrons. The summed E-state index contributed by atoms with van der Waals surface area (Å²) in [6.07, 6.45) is 16.9. The van der Waals surface area contributed by atoms with E-state index in [2.05, 4.69) is 0 Å². The van der Waals surface area contributed by atoms with E-state index >= 15 is 0 Å². The number of fused-ring (bicyclic) bond motifs is 6. The standard InChI is InChI=1S/C24H30Cl2Si/c25-27(26)23-17-9-5-15(6-10-17)21(23)19-13-1-2-14(4-3-13)20(19)22-16-7-11-18(12-8-16)24(22)27/h13-18H,1-12H2. The summed E-state index contributed by atoms with van der Waals surface area (Å²) in [6, 6.07) is 0. The molecule has 0 aromatic rings. The van der Waals surface area contributed by atoms with Crippen molar-refractivity contribution in [1.82, 2.24) is 0 Å². The van der Waals surface area contributed by atoms with E-state index in [-0.39, 0.29) is 0 Å². The summed E-state index contributed by atoms with van der Waals surface area (Å²) < 4.78 is 0. The monoisotopic (exact) mass is 416 g/mol. The molecule has 0 saturated heterocycles. The highest BCUT2D eigenvalue weighted by Gasteiger charge is 2.57. The van der Waals surface area contributed by atoms with E-state index in [1.165, 1.54) is 77.0 Å². The van der Waals surface area contributed by atoms with Crippen LogP contribution in [0.3, 0.4) is 0 Å². The normalized spacial score (nSPS) is 46.4. The van der Waals surface area contributed by atoms with Crippen LogP contribution in [0.2, 0.25) is 0 Å². The van der Waals surface area contributed by atoms with Crippen molar-refractivity contribution >= 4 is 28.9 Å². The molecular weight excluding hydrogens is 387 g/mol. The van der Waals surface area contributed by atoms with Crippen molar-refractivity contribution in [3.05, 3.63) is 32.7 Å². The van der Waals surface area contributed by atoms with Gasteiger partial charge in [-0.2, -0.15) is 0 Å². The van der Waals surface area contributed by atoms with E-state index in [1.54, 1.807) is 21.5 Å². The Morgan fingerprint density at radius 1 is 0.407 bits per heavy atom. The fourth-order valence-electron chi connectivity index (χ4n) is 8.79. The van der Waals surface area contributed by atoms with Crippen molar-refractivity contribution in [2.75, 3.05) is 0 Å². The highest BCUT2D eigenvalue weighted by atomic mass is 35.7. The molecule has 10 rings (SSSR count). The smallest absolute Gasteiger partial charge is 0.134 e. The van der Waals surface area contributed by atoms with E-state index in [4.69, 9.17) is 22.2 Å². The Kier molecular flexibility index (Phi) is 3.47. The molecule has 0 atom stereocenters. The third-order valence-corrected chi connectivity index (χ3v) is 14.9. The summed E-state index contributed by atoms with van der Waals surface area (Å²) >= 11 is 15.3. The van der Waals surface area contributed by atoms with Crippen LogP contribution in [0, 0.1) is 35.5 Å². The van der Waals surface area contributed by atoms with Gasteiger partial charge < -0.3 is 0 Å². The van der Waals surface area contributed by atoms with Gasteiger partial charge in [-0.3, -0.25) is 0 Å². The highest BCUT2D eigenvalue weighted by molar-refractivity contribution is 7.51. The minimum atomic E-state index is -2.53. The first-order chi connectivity index (χ1) is 13.1. The molecule has 0 nitrogen and oxygen atoms in total. The molecule has 0 aromatic carbocycles. The van der Waals surface area contributed by atoms with E-state index in [0.717, 1.165) is 23.7 Å². The van der Waals surface area contributed by atoms with E-state index < -0.39 is 6.69 Å². The molecule has 3 fully saturated rings. The second-order valence-electron chi connectivity index (χ2n) is 10.7. The van der Waals surface area contributed by atoms with Crippen LogP contribution in [0.15, 0.2) is 32.7 Å². The van der Waals surface area contributed by atoms with Crippen molar-refractivity contribution < 1.29 is 0 Å². The summed E-state index contributed by atoms with van der Waals surface area (Å²) in [5.41, 5.74) is 7.29. The summed E-state index contributed by atoms with van der Waals surface area (Å²) in [6.45, 7) is -2.53. The van der Waals surface area contributed by atoms with Crippen LogP contribution >= 0.6 is 22.2 Å². The Morgan fingerprint density at radius 2 is 0.667 bits per heavy atom. The lowest BCUT2D eigenvalue weighted by molar-refractivity contribution is 0.260. The molecule has 0 spiro atoms. The van der Waals surface area contributed by atoms with Gasteiger partial charge in [-0.05, 0) is 145 Å². The number of hydrogen-bond donors (Lipinski definition) is 0. The number of rotatable bonds is 0. The molecule has 1 heterocycles. The van der Waals surface area contributed by atoms with Crippen LogP contribution in [0.4, 0.5) is 0 Å². The molecule has 27 heavy (non-hydrogen) atoms. The molecule has 6 bridgehead atoms. The van der Waals surface area contributed by atoms with Gasteiger partial charge in [0.1, 0.15) is 0 Å². The fourth-order valence-corrected chi connectivity index (χ4v) is 15.1. The fraction of sp³-hybridized carbons (Fsp3) is 0.750. The maximum absolute atomic E-state index is 7.65. The predicted octanol–water partition coefficient (Wildman–Crippen LogP) is 7.35.